The molecule has 0 saturated heterocycles. The zero-order valence-electron chi connectivity index (χ0n) is 8.86. The van der Waals surface area contributed by atoms with Gasteiger partial charge in [0.2, 0.25) is 5.88 Å². The summed E-state index contributed by atoms with van der Waals surface area (Å²) >= 11 is 3.28. The van der Waals surface area contributed by atoms with Crippen molar-refractivity contribution in [3.05, 3.63) is 52.4 Å². The van der Waals surface area contributed by atoms with Crippen molar-refractivity contribution in [2.45, 2.75) is 6.54 Å². The van der Waals surface area contributed by atoms with Gasteiger partial charge in [-0.15, -0.1) is 0 Å². The summed E-state index contributed by atoms with van der Waals surface area (Å²) in [4.78, 5) is 4.03. The highest BCUT2D eigenvalue weighted by molar-refractivity contribution is 9.10. The summed E-state index contributed by atoms with van der Waals surface area (Å²) in [6, 6.07) is 7.74. The fraction of sp³-hybridized carbons (Fsp3) is 0.0833. The quantitative estimate of drug-likeness (QED) is 0.946. The second-order valence-corrected chi connectivity index (χ2v) is 4.24. The van der Waals surface area contributed by atoms with Crippen molar-refractivity contribution in [3.63, 3.8) is 0 Å². The molecular formula is C12H10BrFN2O. The minimum Gasteiger partial charge on any atom is -0.438 e. The number of hydrogen-bond acceptors (Lipinski definition) is 3. The highest BCUT2D eigenvalue weighted by Gasteiger charge is 2.05. The molecule has 2 rings (SSSR count). The Hall–Kier alpha value is -1.46. The van der Waals surface area contributed by atoms with E-state index in [2.05, 4.69) is 20.9 Å². The lowest BCUT2D eigenvalue weighted by Gasteiger charge is -2.07. The number of nitrogens with two attached hydrogens (primary N) is 1. The van der Waals surface area contributed by atoms with Crippen LogP contribution in [0, 0.1) is 5.82 Å². The van der Waals surface area contributed by atoms with Crippen molar-refractivity contribution < 1.29 is 9.13 Å². The lowest BCUT2D eigenvalue weighted by Crippen LogP contribution is -1.97. The molecule has 1 heterocycles. The molecule has 0 atom stereocenters. The summed E-state index contributed by atoms with van der Waals surface area (Å²) in [6.07, 6.45) is 1.60. The van der Waals surface area contributed by atoms with Gasteiger partial charge in [0.15, 0.2) is 0 Å². The van der Waals surface area contributed by atoms with Crippen LogP contribution in [0.15, 0.2) is 41.0 Å². The molecule has 88 valence electrons. The van der Waals surface area contributed by atoms with Gasteiger partial charge < -0.3 is 10.5 Å². The Morgan fingerprint density at radius 3 is 2.88 bits per heavy atom. The van der Waals surface area contributed by atoms with Crippen molar-refractivity contribution in [3.8, 4) is 11.6 Å². The number of rotatable bonds is 3. The molecule has 2 N–H and O–H groups in total. The van der Waals surface area contributed by atoms with E-state index in [1.165, 1.54) is 12.1 Å². The molecule has 3 nitrogen and oxygen atoms in total. The molecule has 0 fully saturated rings. The van der Waals surface area contributed by atoms with E-state index in [4.69, 9.17) is 10.5 Å². The first-order valence-electron chi connectivity index (χ1n) is 4.97. The topological polar surface area (TPSA) is 48.1 Å². The number of hydrogen-bond donors (Lipinski definition) is 1. The lowest BCUT2D eigenvalue weighted by atomic mass is 10.3. The van der Waals surface area contributed by atoms with E-state index in [9.17, 15) is 4.39 Å². The molecule has 0 radical (unpaired) electrons. The molecular weight excluding hydrogens is 287 g/mol. The minimum atomic E-state index is -0.363. The number of aromatic nitrogens is 1. The largest absolute Gasteiger partial charge is 0.438 e. The summed E-state index contributed by atoms with van der Waals surface area (Å²) in [7, 11) is 0. The molecule has 0 saturated carbocycles. The van der Waals surface area contributed by atoms with Gasteiger partial charge in [0.05, 0.1) is 4.47 Å². The van der Waals surface area contributed by atoms with Crippen LogP contribution < -0.4 is 10.5 Å². The van der Waals surface area contributed by atoms with Gasteiger partial charge in [-0.05, 0) is 39.7 Å². The van der Waals surface area contributed by atoms with Crippen LogP contribution in [0.4, 0.5) is 4.39 Å². The van der Waals surface area contributed by atoms with Gasteiger partial charge in [-0.25, -0.2) is 9.37 Å². The monoisotopic (exact) mass is 296 g/mol. The zero-order valence-corrected chi connectivity index (χ0v) is 10.4. The van der Waals surface area contributed by atoms with Gasteiger partial charge in [0.25, 0.3) is 0 Å². The highest BCUT2D eigenvalue weighted by atomic mass is 79.9. The van der Waals surface area contributed by atoms with Gasteiger partial charge in [0, 0.05) is 24.9 Å². The van der Waals surface area contributed by atoms with Crippen LogP contribution in [0.25, 0.3) is 0 Å². The Kier molecular flexibility index (Phi) is 3.71. The first-order chi connectivity index (χ1) is 8.19. The SMILES string of the molecule is NCc1ccnc(Oc2cc(F)ccc2Br)c1. The van der Waals surface area contributed by atoms with Gasteiger partial charge in [-0.1, -0.05) is 0 Å². The van der Waals surface area contributed by atoms with Gasteiger partial charge in [0.1, 0.15) is 11.6 Å². The van der Waals surface area contributed by atoms with Gasteiger partial charge in [-0.3, -0.25) is 0 Å². The second kappa shape index (κ2) is 5.25. The molecule has 1 aromatic carbocycles. The van der Waals surface area contributed by atoms with Crippen LogP contribution >= 0.6 is 15.9 Å². The van der Waals surface area contributed by atoms with E-state index < -0.39 is 0 Å². The molecule has 5 heteroatoms. The van der Waals surface area contributed by atoms with Crippen molar-refractivity contribution in [1.29, 1.82) is 0 Å². The summed E-state index contributed by atoms with van der Waals surface area (Å²) in [6.45, 7) is 0.406. The van der Waals surface area contributed by atoms with Gasteiger partial charge in [-0.2, -0.15) is 0 Å². The smallest absolute Gasteiger partial charge is 0.219 e. The fourth-order valence-electron chi connectivity index (χ4n) is 1.30. The van der Waals surface area contributed by atoms with E-state index in [0.717, 1.165) is 5.56 Å². The summed E-state index contributed by atoms with van der Waals surface area (Å²) in [5.41, 5.74) is 6.42. The molecule has 0 amide bonds. The van der Waals surface area contributed by atoms with Crippen LogP contribution in [0.5, 0.6) is 11.6 Å². The molecule has 2 aromatic rings. The molecule has 0 aliphatic carbocycles. The van der Waals surface area contributed by atoms with Crippen LogP contribution in [-0.2, 0) is 6.54 Å². The van der Waals surface area contributed by atoms with Crippen molar-refractivity contribution in [2.24, 2.45) is 5.73 Å². The van der Waals surface area contributed by atoms with Crippen molar-refractivity contribution in [1.82, 2.24) is 4.98 Å². The number of nitrogens with zero attached hydrogens (tertiary/aromatic N) is 1. The lowest BCUT2D eigenvalue weighted by molar-refractivity contribution is 0.454. The maximum atomic E-state index is 13.1. The predicted octanol–water partition coefficient (Wildman–Crippen LogP) is 3.23. The van der Waals surface area contributed by atoms with Crippen LogP contribution in [-0.4, -0.2) is 4.98 Å². The van der Waals surface area contributed by atoms with E-state index in [-0.39, 0.29) is 5.82 Å². The maximum Gasteiger partial charge on any atom is 0.219 e. The summed E-state index contributed by atoms with van der Waals surface area (Å²) < 4.78 is 19.2. The van der Waals surface area contributed by atoms with E-state index in [1.54, 1.807) is 24.4 Å². The second-order valence-electron chi connectivity index (χ2n) is 3.38. The standard InChI is InChI=1S/C12H10BrFN2O/c13-10-2-1-9(14)6-11(10)17-12-5-8(7-15)3-4-16-12/h1-6H,7,15H2. The Balaban J connectivity index is 2.27. The average Bonchev–Trinajstić information content (AvgIpc) is 2.34. The molecule has 1 aromatic heterocycles. The number of halogens is 2. The third kappa shape index (κ3) is 3.01. The van der Waals surface area contributed by atoms with Crippen LogP contribution in [0.1, 0.15) is 5.56 Å². The van der Waals surface area contributed by atoms with E-state index in [0.29, 0.717) is 22.6 Å². The Bertz CT molecular complexity index is 534. The molecule has 0 unspecified atom stereocenters. The van der Waals surface area contributed by atoms with Crippen molar-refractivity contribution >= 4 is 15.9 Å². The van der Waals surface area contributed by atoms with Crippen LogP contribution in [0.3, 0.4) is 0 Å². The van der Waals surface area contributed by atoms with E-state index >= 15 is 0 Å². The minimum absolute atomic E-state index is 0.363. The first-order valence-corrected chi connectivity index (χ1v) is 5.76. The third-order valence-corrected chi connectivity index (χ3v) is 2.80. The van der Waals surface area contributed by atoms with Crippen LogP contribution in [0.2, 0.25) is 0 Å². The number of benzene rings is 1. The Labute approximate surface area is 107 Å². The van der Waals surface area contributed by atoms with E-state index in [1.807, 2.05) is 0 Å². The third-order valence-electron chi connectivity index (χ3n) is 2.14. The predicted molar refractivity (Wildman–Crippen MR) is 66.3 cm³/mol. The maximum absolute atomic E-state index is 13.1. The summed E-state index contributed by atoms with van der Waals surface area (Å²) in [5, 5.41) is 0. The van der Waals surface area contributed by atoms with Crippen molar-refractivity contribution in [2.75, 3.05) is 0 Å². The first kappa shape index (κ1) is 12.0. The zero-order chi connectivity index (χ0) is 12.3. The Morgan fingerprint density at radius 1 is 1.29 bits per heavy atom. The molecule has 0 aliphatic heterocycles. The average molecular weight is 297 g/mol. The Morgan fingerprint density at radius 2 is 2.12 bits per heavy atom. The normalized spacial score (nSPS) is 10.3. The highest BCUT2D eigenvalue weighted by Crippen LogP contribution is 2.29. The molecule has 17 heavy (non-hydrogen) atoms. The molecule has 0 aliphatic rings. The number of pyridine rings is 1. The molecule has 0 spiro atoms. The summed E-state index contributed by atoms with van der Waals surface area (Å²) in [5.74, 6) is 0.407. The number of ether oxygens (including phenoxy) is 1. The van der Waals surface area contributed by atoms with Gasteiger partial charge >= 0.3 is 0 Å². The fourth-order valence-corrected chi connectivity index (χ4v) is 1.63. The molecule has 0 bridgehead atoms.